The van der Waals surface area contributed by atoms with Crippen LogP contribution < -0.4 is 5.32 Å². The van der Waals surface area contributed by atoms with Crippen LogP contribution >= 0.6 is 0 Å². The van der Waals surface area contributed by atoms with Crippen LogP contribution in [-0.4, -0.2) is 36.2 Å². The van der Waals surface area contributed by atoms with Crippen molar-refractivity contribution < 1.29 is 23.4 Å². The Bertz CT molecular complexity index is 949. The third-order valence-electron chi connectivity index (χ3n) is 4.23. The first-order valence-electron chi connectivity index (χ1n) is 8.33. The zero-order chi connectivity index (χ0) is 20.5. The van der Waals surface area contributed by atoms with Crippen molar-refractivity contribution in [3.63, 3.8) is 0 Å². The molecule has 7 nitrogen and oxygen atoms in total. The second-order valence-corrected chi connectivity index (χ2v) is 6.45. The van der Waals surface area contributed by atoms with Gasteiger partial charge in [-0.1, -0.05) is 12.1 Å². The van der Waals surface area contributed by atoms with Crippen LogP contribution in [-0.2, 0) is 6.18 Å². The third kappa shape index (κ3) is 4.29. The van der Waals surface area contributed by atoms with Crippen LogP contribution in [0.25, 0.3) is 11.4 Å². The van der Waals surface area contributed by atoms with Crippen molar-refractivity contribution in [3.8, 4) is 11.4 Å². The number of tetrazole rings is 1. The van der Waals surface area contributed by atoms with Crippen molar-refractivity contribution in [2.45, 2.75) is 31.9 Å². The van der Waals surface area contributed by atoms with E-state index in [0.717, 1.165) is 16.9 Å². The summed E-state index contributed by atoms with van der Waals surface area (Å²) in [5.41, 5.74) is 0.837. The summed E-state index contributed by atoms with van der Waals surface area (Å²) in [5, 5.41) is 34.4. The Morgan fingerprint density at radius 3 is 2.29 bits per heavy atom. The van der Waals surface area contributed by atoms with Gasteiger partial charge in [0, 0.05) is 16.9 Å². The number of nitrogens with zero attached hydrogens (tertiary/aromatic N) is 4. The predicted molar refractivity (Wildman–Crippen MR) is 95.5 cm³/mol. The molecule has 0 aliphatic heterocycles. The first kappa shape index (κ1) is 19.8. The number of aromatic nitrogens is 4. The summed E-state index contributed by atoms with van der Waals surface area (Å²) in [7, 11) is 0. The number of alkyl halides is 3. The van der Waals surface area contributed by atoms with E-state index in [1.807, 2.05) is 0 Å². The van der Waals surface area contributed by atoms with Gasteiger partial charge in [-0.05, 0) is 55.5 Å². The Kier molecular flexibility index (Phi) is 5.09. The largest absolute Gasteiger partial charge is 0.416 e. The van der Waals surface area contributed by atoms with Crippen LogP contribution in [0.1, 0.15) is 25.5 Å². The van der Waals surface area contributed by atoms with Gasteiger partial charge in [0.2, 0.25) is 5.82 Å². The zero-order valence-corrected chi connectivity index (χ0v) is 15.0. The van der Waals surface area contributed by atoms with Gasteiger partial charge in [0.1, 0.15) is 6.04 Å². The fourth-order valence-corrected chi connectivity index (χ4v) is 2.40. The van der Waals surface area contributed by atoms with E-state index in [0.29, 0.717) is 16.9 Å². The molecule has 0 unspecified atom stereocenters. The van der Waals surface area contributed by atoms with E-state index in [2.05, 4.69) is 20.7 Å². The van der Waals surface area contributed by atoms with E-state index >= 15 is 0 Å². The van der Waals surface area contributed by atoms with Gasteiger partial charge in [-0.25, -0.2) is 0 Å². The number of para-hydroxylation sites is 1. The maximum absolute atomic E-state index is 12.7. The molecule has 0 bridgehead atoms. The number of anilines is 2. The maximum atomic E-state index is 12.7. The minimum Gasteiger partial charge on any atom is -0.364 e. The van der Waals surface area contributed by atoms with Crippen LogP contribution in [0.4, 0.5) is 24.5 Å². The molecular formula is C18H18F3N5O2. The molecule has 3 rings (SSSR count). The summed E-state index contributed by atoms with van der Waals surface area (Å²) in [6, 6.07) is 10.7. The number of hydrogen-bond donors (Lipinski definition) is 3. The van der Waals surface area contributed by atoms with Gasteiger partial charge in [-0.2, -0.15) is 18.0 Å². The molecule has 0 saturated carbocycles. The molecular weight excluding hydrogens is 375 g/mol. The highest BCUT2D eigenvalue weighted by Gasteiger charge is 2.30. The topological polar surface area (TPSA) is 96.1 Å². The predicted octanol–water partition coefficient (Wildman–Crippen LogP) is 3.36. The monoisotopic (exact) mass is 393 g/mol. The van der Waals surface area contributed by atoms with E-state index in [1.165, 1.54) is 26.0 Å². The Hall–Kier alpha value is -2.98. The van der Waals surface area contributed by atoms with Crippen molar-refractivity contribution in [2.75, 3.05) is 5.32 Å². The van der Waals surface area contributed by atoms with Crippen molar-refractivity contribution in [3.05, 3.63) is 54.1 Å². The Balaban J connectivity index is 1.87. The van der Waals surface area contributed by atoms with E-state index in [9.17, 15) is 23.4 Å². The molecule has 0 fully saturated rings. The Morgan fingerprint density at radius 2 is 1.68 bits per heavy atom. The summed E-state index contributed by atoms with van der Waals surface area (Å²) in [4.78, 5) is 1.09. The zero-order valence-electron chi connectivity index (χ0n) is 15.0. The van der Waals surface area contributed by atoms with Crippen molar-refractivity contribution >= 4 is 11.4 Å². The molecule has 0 radical (unpaired) electrons. The Morgan fingerprint density at radius 1 is 1.04 bits per heavy atom. The molecule has 28 heavy (non-hydrogen) atoms. The SMILES string of the molecule is C[C@H](n1nnc(-c2ccccc2Nc2ccc(C(F)(F)F)cc2)n1)C(C)(O)O. The Labute approximate surface area is 158 Å². The number of rotatable bonds is 5. The van der Waals surface area contributed by atoms with E-state index in [-0.39, 0.29) is 5.82 Å². The molecule has 3 aromatic rings. The molecule has 2 aromatic carbocycles. The highest BCUT2D eigenvalue weighted by atomic mass is 19.4. The van der Waals surface area contributed by atoms with Crippen LogP contribution in [0.2, 0.25) is 0 Å². The van der Waals surface area contributed by atoms with Gasteiger partial charge in [0.05, 0.1) is 5.56 Å². The summed E-state index contributed by atoms with van der Waals surface area (Å²) >= 11 is 0. The lowest BCUT2D eigenvalue weighted by Crippen LogP contribution is -2.35. The molecule has 1 atom stereocenters. The van der Waals surface area contributed by atoms with Gasteiger partial charge in [0.25, 0.3) is 0 Å². The fraction of sp³-hybridized carbons (Fsp3) is 0.278. The second-order valence-electron chi connectivity index (χ2n) is 6.45. The average molecular weight is 393 g/mol. The quantitative estimate of drug-likeness (QED) is 0.576. The van der Waals surface area contributed by atoms with Crippen LogP contribution in [0.15, 0.2) is 48.5 Å². The molecule has 0 amide bonds. The fourth-order valence-electron chi connectivity index (χ4n) is 2.40. The van der Waals surface area contributed by atoms with E-state index < -0.39 is 23.6 Å². The molecule has 10 heteroatoms. The van der Waals surface area contributed by atoms with Crippen molar-refractivity contribution in [1.82, 2.24) is 20.2 Å². The minimum atomic E-state index is -4.40. The number of halogens is 3. The summed E-state index contributed by atoms with van der Waals surface area (Å²) in [6.45, 7) is 2.73. The second kappa shape index (κ2) is 7.21. The number of benzene rings is 2. The van der Waals surface area contributed by atoms with Crippen molar-refractivity contribution in [2.24, 2.45) is 0 Å². The lowest BCUT2D eigenvalue weighted by molar-refractivity contribution is -0.179. The van der Waals surface area contributed by atoms with Gasteiger partial charge in [-0.15, -0.1) is 10.2 Å². The summed E-state index contributed by atoms with van der Waals surface area (Å²) < 4.78 is 38.1. The van der Waals surface area contributed by atoms with E-state index in [1.54, 1.807) is 24.3 Å². The highest BCUT2D eigenvalue weighted by molar-refractivity contribution is 5.77. The standard InChI is InChI=1S/C18H18F3N5O2/c1-11(17(2,27)28)26-24-16(23-25-26)14-5-3-4-6-15(14)22-13-9-7-12(8-10-13)18(19,20)21/h3-11,22,27-28H,1-2H3/t11-/m0/s1. The smallest absolute Gasteiger partial charge is 0.364 e. The van der Waals surface area contributed by atoms with Gasteiger partial charge >= 0.3 is 6.18 Å². The minimum absolute atomic E-state index is 0.228. The maximum Gasteiger partial charge on any atom is 0.416 e. The highest BCUT2D eigenvalue weighted by Crippen LogP contribution is 2.32. The molecule has 0 saturated heterocycles. The first-order chi connectivity index (χ1) is 13.1. The normalized spacial score (nSPS) is 13.4. The summed E-state index contributed by atoms with van der Waals surface area (Å²) in [5.74, 6) is -1.80. The van der Waals surface area contributed by atoms with Crippen LogP contribution in [0.5, 0.6) is 0 Å². The molecule has 1 aromatic heterocycles. The van der Waals surface area contributed by atoms with Crippen molar-refractivity contribution in [1.29, 1.82) is 0 Å². The lowest BCUT2D eigenvalue weighted by Gasteiger charge is -2.22. The first-order valence-corrected chi connectivity index (χ1v) is 8.33. The number of hydrogen-bond acceptors (Lipinski definition) is 6. The van der Waals surface area contributed by atoms with Gasteiger partial charge in [-0.3, -0.25) is 0 Å². The van der Waals surface area contributed by atoms with Gasteiger partial charge < -0.3 is 15.5 Å². The van der Waals surface area contributed by atoms with Gasteiger partial charge in [0.15, 0.2) is 5.79 Å². The summed E-state index contributed by atoms with van der Waals surface area (Å²) in [6.07, 6.45) is -4.40. The number of aliphatic hydroxyl groups is 2. The molecule has 0 aliphatic carbocycles. The van der Waals surface area contributed by atoms with Crippen LogP contribution in [0, 0.1) is 0 Å². The number of nitrogens with one attached hydrogen (secondary N) is 1. The lowest BCUT2D eigenvalue weighted by atomic mass is 10.1. The van der Waals surface area contributed by atoms with Crippen LogP contribution in [0.3, 0.4) is 0 Å². The molecule has 0 spiro atoms. The molecule has 3 N–H and O–H groups in total. The molecule has 1 heterocycles. The third-order valence-corrected chi connectivity index (χ3v) is 4.23. The van der Waals surface area contributed by atoms with E-state index in [4.69, 9.17) is 0 Å². The molecule has 0 aliphatic rings. The average Bonchev–Trinajstić information content (AvgIpc) is 3.10. The molecule has 148 valence electrons.